The highest BCUT2D eigenvalue weighted by Crippen LogP contribution is 2.38. The quantitative estimate of drug-likeness (QED) is 0.525. The maximum atomic E-state index is 13.0. The summed E-state index contributed by atoms with van der Waals surface area (Å²) in [5.74, 6) is -0.206. The lowest BCUT2D eigenvalue weighted by atomic mass is 9.99. The number of ether oxygens (including phenoxy) is 1. The fraction of sp³-hybridized carbons (Fsp3) is 0.174. The van der Waals surface area contributed by atoms with Gasteiger partial charge in [0.25, 0.3) is 0 Å². The number of nitrogens with one attached hydrogen (secondary N) is 1. The number of fused-ring (bicyclic) bond motifs is 2. The molecule has 0 bridgehead atoms. The molecule has 4 nitrogen and oxygen atoms in total. The van der Waals surface area contributed by atoms with E-state index in [4.69, 9.17) is 4.74 Å². The number of hydrogen-bond donors (Lipinski definition) is 2. The normalized spacial score (nSPS) is 15.4. The van der Waals surface area contributed by atoms with Gasteiger partial charge in [-0.15, -0.1) is 0 Å². The first-order chi connectivity index (χ1) is 14.3. The van der Waals surface area contributed by atoms with E-state index < -0.39 is 17.6 Å². The molecule has 3 aromatic rings. The van der Waals surface area contributed by atoms with E-state index in [0.29, 0.717) is 35.1 Å². The Bertz CT molecular complexity index is 1150. The molecule has 0 atom stereocenters. The molecule has 0 aromatic heterocycles. The number of hydrogen-bond acceptors (Lipinski definition) is 3. The van der Waals surface area contributed by atoms with Crippen molar-refractivity contribution in [3.05, 3.63) is 71.8 Å². The molecular weight excluding hydrogens is 395 g/mol. The summed E-state index contributed by atoms with van der Waals surface area (Å²) in [6, 6.07) is 13.5. The van der Waals surface area contributed by atoms with Crippen LogP contribution in [0, 0.1) is 0 Å². The number of aromatic hydroxyl groups is 1. The largest absolute Gasteiger partial charge is 0.508 e. The van der Waals surface area contributed by atoms with Crippen LogP contribution in [0.4, 0.5) is 18.9 Å². The average molecular weight is 413 g/mol. The van der Waals surface area contributed by atoms with Gasteiger partial charge in [-0.3, -0.25) is 4.79 Å². The Morgan fingerprint density at radius 2 is 1.93 bits per heavy atom. The van der Waals surface area contributed by atoms with Gasteiger partial charge in [0.1, 0.15) is 11.5 Å². The van der Waals surface area contributed by atoms with Crippen LogP contribution in [0.1, 0.15) is 24.0 Å². The number of benzene rings is 3. The summed E-state index contributed by atoms with van der Waals surface area (Å²) in [7, 11) is 0. The Morgan fingerprint density at radius 3 is 2.73 bits per heavy atom. The van der Waals surface area contributed by atoms with Crippen molar-refractivity contribution in [2.75, 3.05) is 11.9 Å². The van der Waals surface area contributed by atoms with Gasteiger partial charge in [0.05, 0.1) is 12.2 Å². The van der Waals surface area contributed by atoms with Crippen molar-refractivity contribution in [3.63, 3.8) is 0 Å². The summed E-state index contributed by atoms with van der Waals surface area (Å²) < 4.78 is 44.5. The highest BCUT2D eigenvalue weighted by atomic mass is 19.4. The molecule has 1 aliphatic heterocycles. The van der Waals surface area contributed by atoms with Crippen molar-refractivity contribution < 1.29 is 27.8 Å². The number of rotatable bonds is 2. The molecule has 2 N–H and O–H groups in total. The summed E-state index contributed by atoms with van der Waals surface area (Å²) in [6.45, 7) is 0.274. The SMILES string of the molecule is O=C(C=C1CCCOc2cc(C(F)(F)F)ccc21)Nc1cccc2ccc(O)cc12. The maximum Gasteiger partial charge on any atom is 0.416 e. The second-order valence-corrected chi connectivity index (χ2v) is 7.03. The first kappa shape index (κ1) is 19.8. The standard InChI is InChI=1S/C23H18F3NO3/c24-23(25,26)16-7-9-18-15(4-2-10-30-21(18)12-16)11-22(29)27-20-5-1-3-14-6-8-17(28)13-19(14)20/h1,3,5-9,11-13,28H,2,4,10H2,(H,27,29). The molecule has 0 radical (unpaired) electrons. The first-order valence-electron chi connectivity index (χ1n) is 9.39. The molecular formula is C23H18F3NO3. The number of phenols is 1. The van der Waals surface area contributed by atoms with E-state index in [2.05, 4.69) is 5.32 Å². The van der Waals surface area contributed by atoms with Gasteiger partial charge in [0, 0.05) is 22.7 Å². The molecule has 1 heterocycles. The summed E-state index contributed by atoms with van der Waals surface area (Å²) in [6.07, 6.45) is -1.99. The third kappa shape index (κ3) is 4.10. The lowest BCUT2D eigenvalue weighted by Crippen LogP contribution is -2.09. The molecule has 0 saturated heterocycles. The number of anilines is 1. The molecule has 4 rings (SSSR count). The third-order valence-corrected chi connectivity index (χ3v) is 4.93. The smallest absolute Gasteiger partial charge is 0.416 e. The second kappa shape index (κ2) is 7.74. The fourth-order valence-corrected chi connectivity index (χ4v) is 3.51. The molecule has 7 heteroatoms. The second-order valence-electron chi connectivity index (χ2n) is 7.03. The maximum absolute atomic E-state index is 13.0. The van der Waals surface area contributed by atoms with Crippen molar-refractivity contribution in [1.82, 2.24) is 0 Å². The molecule has 154 valence electrons. The molecule has 0 saturated carbocycles. The van der Waals surface area contributed by atoms with Crippen LogP contribution in [0.5, 0.6) is 11.5 Å². The van der Waals surface area contributed by atoms with Gasteiger partial charge < -0.3 is 15.2 Å². The number of carbonyl (C=O) groups excluding carboxylic acids is 1. The van der Waals surface area contributed by atoms with Gasteiger partial charge in [-0.2, -0.15) is 13.2 Å². The van der Waals surface area contributed by atoms with E-state index in [1.165, 1.54) is 12.1 Å². The van der Waals surface area contributed by atoms with Crippen LogP contribution in [0.3, 0.4) is 0 Å². The Labute approximate surface area is 170 Å². The van der Waals surface area contributed by atoms with Crippen LogP contribution in [0.15, 0.2) is 60.7 Å². The Balaban J connectivity index is 1.66. The average Bonchev–Trinajstić information content (AvgIpc) is 2.89. The van der Waals surface area contributed by atoms with Crippen LogP contribution < -0.4 is 10.1 Å². The van der Waals surface area contributed by atoms with E-state index in [-0.39, 0.29) is 18.1 Å². The number of phenolic OH excluding ortho intramolecular Hbond substituents is 1. The van der Waals surface area contributed by atoms with Gasteiger partial charge in [-0.25, -0.2) is 0 Å². The zero-order chi connectivity index (χ0) is 21.3. The zero-order valence-corrected chi connectivity index (χ0v) is 15.8. The van der Waals surface area contributed by atoms with Crippen LogP contribution >= 0.6 is 0 Å². The highest BCUT2D eigenvalue weighted by Gasteiger charge is 2.32. The van der Waals surface area contributed by atoms with E-state index in [0.717, 1.165) is 17.5 Å². The molecule has 0 aliphatic carbocycles. The van der Waals surface area contributed by atoms with Crippen molar-refractivity contribution in [3.8, 4) is 11.5 Å². The lowest BCUT2D eigenvalue weighted by molar-refractivity contribution is -0.137. The van der Waals surface area contributed by atoms with E-state index in [1.54, 1.807) is 30.3 Å². The lowest BCUT2D eigenvalue weighted by Gasteiger charge is -2.13. The first-order valence-corrected chi connectivity index (χ1v) is 9.39. The Morgan fingerprint density at radius 1 is 1.10 bits per heavy atom. The van der Waals surface area contributed by atoms with Gasteiger partial charge >= 0.3 is 6.18 Å². The molecule has 0 unspecified atom stereocenters. The van der Waals surface area contributed by atoms with Gasteiger partial charge in [-0.05, 0) is 54.1 Å². The van der Waals surface area contributed by atoms with Crippen LogP contribution in [-0.4, -0.2) is 17.6 Å². The van der Waals surface area contributed by atoms with E-state index in [1.807, 2.05) is 6.07 Å². The topological polar surface area (TPSA) is 58.6 Å². The van der Waals surface area contributed by atoms with Gasteiger partial charge in [-0.1, -0.05) is 24.3 Å². The predicted molar refractivity (Wildman–Crippen MR) is 108 cm³/mol. The molecule has 1 amide bonds. The van der Waals surface area contributed by atoms with Crippen LogP contribution in [0.25, 0.3) is 16.3 Å². The number of amides is 1. The fourth-order valence-electron chi connectivity index (χ4n) is 3.51. The summed E-state index contributed by atoms with van der Waals surface area (Å²) in [5.41, 5.74) is 0.827. The van der Waals surface area contributed by atoms with Crippen LogP contribution in [0.2, 0.25) is 0 Å². The number of alkyl halides is 3. The Kier molecular flexibility index (Phi) is 5.11. The summed E-state index contributed by atoms with van der Waals surface area (Å²) in [4.78, 5) is 12.7. The van der Waals surface area contributed by atoms with Crippen molar-refractivity contribution in [1.29, 1.82) is 0 Å². The minimum absolute atomic E-state index is 0.0814. The summed E-state index contributed by atoms with van der Waals surface area (Å²) >= 11 is 0. The highest BCUT2D eigenvalue weighted by molar-refractivity contribution is 6.09. The van der Waals surface area contributed by atoms with Crippen molar-refractivity contribution in [2.45, 2.75) is 19.0 Å². The monoisotopic (exact) mass is 413 g/mol. The molecule has 1 aliphatic rings. The predicted octanol–water partition coefficient (Wildman–Crippen LogP) is 5.76. The van der Waals surface area contributed by atoms with Crippen LogP contribution in [-0.2, 0) is 11.0 Å². The molecule has 30 heavy (non-hydrogen) atoms. The van der Waals surface area contributed by atoms with Gasteiger partial charge in [0.15, 0.2) is 0 Å². The summed E-state index contributed by atoms with van der Waals surface area (Å²) in [5, 5.41) is 14.1. The molecule has 0 spiro atoms. The number of allylic oxidation sites excluding steroid dienone is 1. The number of halogens is 3. The van der Waals surface area contributed by atoms with E-state index >= 15 is 0 Å². The number of carbonyl (C=O) groups is 1. The zero-order valence-electron chi connectivity index (χ0n) is 15.8. The molecule has 3 aromatic carbocycles. The molecule has 0 fully saturated rings. The van der Waals surface area contributed by atoms with Gasteiger partial charge in [0.2, 0.25) is 5.91 Å². The third-order valence-electron chi connectivity index (χ3n) is 4.93. The minimum atomic E-state index is -4.47. The van der Waals surface area contributed by atoms with E-state index in [9.17, 15) is 23.1 Å². The van der Waals surface area contributed by atoms with Crippen molar-refractivity contribution in [2.24, 2.45) is 0 Å². The van der Waals surface area contributed by atoms with Crippen molar-refractivity contribution >= 4 is 27.9 Å². The Hall–Kier alpha value is -3.48. The minimum Gasteiger partial charge on any atom is -0.508 e.